The molecule has 1 fully saturated rings. The normalized spacial score (nSPS) is 16.2. The zero-order chi connectivity index (χ0) is 22.0. The molecule has 0 saturated carbocycles. The summed E-state index contributed by atoms with van der Waals surface area (Å²) in [5.74, 6) is 0.970. The Bertz CT molecular complexity index is 1060. The third-order valence-electron chi connectivity index (χ3n) is 5.12. The van der Waals surface area contributed by atoms with Crippen LogP contribution in [0.4, 0.5) is 10.9 Å². The lowest BCUT2D eigenvalue weighted by Gasteiger charge is -2.32. The van der Waals surface area contributed by atoms with E-state index in [1.54, 1.807) is 31.9 Å². The summed E-state index contributed by atoms with van der Waals surface area (Å²) in [5, 5.41) is 16.1. The highest BCUT2D eigenvalue weighted by Crippen LogP contribution is 2.26. The van der Waals surface area contributed by atoms with Gasteiger partial charge < -0.3 is 15.1 Å². The van der Waals surface area contributed by atoms with Crippen LogP contribution in [0.15, 0.2) is 30.6 Å². The van der Waals surface area contributed by atoms with Crippen molar-refractivity contribution in [3.05, 3.63) is 41.2 Å². The lowest BCUT2D eigenvalue weighted by Crippen LogP contribution is -2.41. The first-order chi connectivity index (χ1) is 14.9. The predicted molar refractivity (Wildman–Crippen MR) is 118 cm³/mol. The highest BCUT2D eigenvalue weighted by Gasteiger charge is 2.28. The molecule has 10 nitrogen and oxygen atoms in total. The number of rotatable bonds is 5. The molecule has 0 aromatic carbocycles. The lowest BCUT2D eigenvalue weighted by molar-refractivity contribution is -0.120. The summed E-state index contributed by atoms with van der Waals surface area (Å²) in [6.07, 6.45) is 5.16. The molecule has 31 heavy (non-hydrogen) atoms. The van der Waals surface area contributed by atoms with Crippen LogP contribution in [0.2, 0.25) is 0 Å². The average Bonchev–Trinajstić information content (AvgIpc) is 3.43. The molecule has 1 aliphatic rings. The number of nitrogens with one attached hydrogen (secondary N) is 1. The number of nitrogens with zero attached hydrogens (tertiary/aromatic N) is 7. The first kappa shape index (κ1) is 20.9. The van der Waals surface area contributed by atoms with Crippen molar-refractivity contribution in [1.29, 1.82) is 0 Å². The summed E-state index contributed by atoms with van der Waals surface area (Å²) >= 11 is 1.21. The van der Waals surface area contributed by atoms with Gasteiger partial charge in [-0.3, -0.25) is 9.59 Å². The van der Waals surface area contributed by atoms with Gasteiger partial charge in [-0.15, -0.1) is 10.2 Å². The molecule has 1 aliphatic heterocycles. The quantitative estimate of drug-likeness (QED) is 0.646. The van der Waals surface area contributed by atoms with Crippen LogP contribution in [0, 0.1) is 12.8 Å². The van der Waals surface area contributed by atoms with Gasteiger partial charge in [0.15, 0.2) is 16.8 Å². The van der Waals surface area contributed by atoms with E-state index in [4.69, 9.17) is 0 Å². The zero-order valence-corrected chi connectivity index (χ0v) is 18.5. The molecule has 162 valence electrons. The van der Waals surface area contributed by atoms with Crippen LogP contribution < -0.4 is 10.2 Å². The number of hydrogen-bond acceptors (Lipinski definition) is 8. The lowest BCUT2D eigenvalue weighted by atomic mass is 9.97. The highest BCUT2D eigenvalue weighted by atomic mass is 32.1. The van der Waals surface area contributed by atoms with Gasteiger partial charge in [0.2, 0.25) is 5.91 Å². The molecule has 0 radical (unpaired) electrons. The molecular formula is C20H24N8O2S. The van der Waals surface area contributed by atoms with Crippen molar-refractivity contribution in [1.82, 2.24) is 29.9 Å². The number of thiazole rings is 1. The number of aromatic nitrogens is 5. The number of amides is 2. The largest absolute Gasteiger partial charge is 0.354 e. The Balaban J connectivity index is 1.41. The van der Waals surface area contributed by atoms with E-state index < -0.39 is 0 Å². The van der Waals surface area contributed by atoms with E-state index in [1.165, 1.54) is 16.2 Å². The summed E-state index contributed by atoms with van der Waals surface area (Å²) in [6.45, 7) is 3.14. The van der Waals surface area contributed by atoms with Crippen molar-refractivity contribution in [3.63, 3.8) is 0 Å². The molecule has 2 amide bonds. The van der Waals surface area contributed by atoms with E-state index in [0.717, 1.165) is 25.2 Å². The number of piperidine rings is 1. The Kier molecular flexibility index (Phi) is 5.94. The fourth-order valence-corrected chi connectivity index (χ4v) is 4.46. The Morgan fingerprint density at radius 3 is 2.68 bits per heavy atom. The van der Waals surface area contributed by atoms with Crippen LogP contribution in [0.1, 0.15) is 28.2 Å². The molecule has 0 aliphatic carbocycles. The molecule has 4 rings (SSSR count). The van der Waals surface area contributed by atoms with E-state index in [0.29, 0.717) is 28.1 Å². The predicted octanol–water partition coefficient (Wildman–Crippen LogP) is 1.98. The minimum Gasteiger partial charge on any atom is -0.354 e. The van der Waals surface area contributed by atoms with Gasteiger partial charge in [-0.25, -0.2) is 9.67 Å². The van der Waals surface area contributed by atoms with E-state index in [2.05, 4.69) is 30.5 Å². The number of aryl methyl sites for hydroxylation is 1. The Morgan fingerprint density at radius 1 is 1.23 bits per heavy atom. The Morgan fingerprint density at radius 2 is 2.00 bits per heavy atom. The topological polar surface area (TPSA) is 109 Å². The second-order valence-corrected chi connectivity index (χ2v) is 8.61. The molecule has 1 saturated heterocycles. The van der Waals surface area contributed by atoms with Gasteiger partial charge >= 0.3 is 0 Å². The minimum absolute atomic E-state index is 0.0941. The SMILES string of the molecule is Cc1nc(NC(=O)C2CCCN(c3ccc(-n4cccn4)nn3)C2)sc1C(=O)N(C)C. The summed E-state index contributed by atoms with van der Waals surface area (Å²) in [7, 11) is 3.39. The zero-order valence-electron chi connectivity index (χ0n) is 17.6. The number of anilines is 2. The van der Waals surface area contributed by atoms with Gasteiger partial charge in [-0.1, -0.05) is 11.3 Å². The maximum Gasteiger partial charge on any atom is 0.265 e. The molecule has 3 aromatic rings. The molecule has 0 bridgehead atoms. The van der Waals surface area contributed by atoms with Crippen LogP contribution in [0.3, 0.4) is 0 Å². The third-order valence-corrected chi connectivity index (χ3v) is 6.18. The average molecular weight is 441 g/mol. The Labute approximate surface area is 183 Å². The highest BCUT2D eigenvalue weighted by molar-refractivity contribution is 7.17. The number of carbonyl (C=O) groups is 2. The molecule has 11 heteroatoms. The van der Waals surface area contributed by atoms with Crippen molar-refractivity contribution in [2.75, 3.05) is 37.4 Å². The standard InChI is InChI=1S/C20H24N8O2S/c1-13-17(19(30)26(2)3)31-20(22-13)23-18(29)14-6-4-10-27(12-14)15-7-8-16(25-24-15)28-11-5-9-21-28/h5,7-9,11,14H,4,6,10,12H2,1-3H3,(H,22,23,29). The first-order valence-corrected chi connectivity index (χ1v) is 10.8. The van der Waals surface area contributed by atoms with Crippen LogP contribution in [-0.2, 0) is 4.79 Å². The van der Waals surface area contributed by atoms with Crippen molar-refractivity contribution in [3.8, 4) is 5.82 Å². The smallest absolute Gasteiger partial charge is 0.265 e. The van der Waals surface area contributed by atoms with Gasteiger partial charge in [0.25, 0.3) is 5.91 Å². The molecule has 1 unspecified atom stereocenters. The van der Waals surface area contributed by atoms with E-state index >= 15 is 0 Å². The van der Waals surface area contributed by atoms with Crippen LogP contribution in [0.5, 0.6) is 0 Å². The molecule has 0 spiro atoms. The van der Waals surface area contributed by atoms with E-state index in [9.17, 15) is 9.59 Å². The molecule has 3 aromatic heterocycles. The number of hydrogen-bond donors (Lipinski definition) is 1. The van der Waals surface area contributed by atoms with Gasteiger partial charge in [0.05, 0.1) is 11.6 Å². The fourth-order valence-electron chi connectivity index (χ4n) is 3.47. The second kappa shape index (κ2) is 8.80. The van der Waals surface area contributed by atoms with Crippen molar-refractivity contribution in [2.45, 2.75) is 19.8 Å². The van der Waals surface area contributed by atoms with Gasteiger partial charge in [0, 0.05) is 39.6 Å². The summed E-state index contributed by atoms with van der Waals surface area (Å²) < 4.78 is 1.65. The van der Waals surface area contributed by atoms with Gasteiger partial charge in [-0.2, -0.15) is 5.10 Å². The monoisotopic (exact) mass is 440 g/mol. The number of carbonyl (C=O) groups excluding carboxylic acids is 2. The minimum atomic E-state index is -0.196. The summed E-state index contributed by atoms with van der Waals surface area (Å²) in [5.41, 5.74) is 0.622. The molecule has 4 heterocycles. The van der Waals surface area contributed by atoms with Crippen LogP contribution in [-0.4, -0.2) is 68.9 Å². The van der Waals surface area contributed by atoms with Crippen molar-refractivity contribution in [2.24, 2.45) is 5.92 Å². The maximum absolute atomic E-state index is 12.9. The van der Waals surface area contributed by atoms with Crippen molar-refractivity contribution < 1.29 is 9.59 Å². The van der Waals surface area contributed by atoms with Crippen molar-refractivity contribution >= 4 is 34.1 Å². The maximum atomic E-state index is 12.9. The molecule has 1 atom stereocenters. The first-order valence-electron chi connectivity index (χ1n) is 10.0. The Hall–Kier alpha value is -3.34. The van der Waals surface area contributed by atoms with E-state index in [-0.39, 0.29) is 17.7 Å². The van der Waals surface area contributed by atoms with Gasteiger partial charge in [0.1, 0.15) is 4.88 Å². The molecular weight excluding hydrogens is 416 g/mol. The summed E-state index contributed by atoms with van der Waals surface area (Å²) in [6, 6.07) is 5.58. The van der Waals surface area contributed by atoms with Gasteiger partial charge in [-0.05, 0) is 38.0 Å². The van der Waals surface area contributed by atoms with Crippen LogP contribution >= 0.6 is 11.3 Å². The molecule has 1 N–H and O–H groups in total. The fraction of sp³-hybridized carbons (Fsp3) is 0.400. The second-order valence-electron chi connectivity index (χ2n) is 7.61. The van der Waals surface area contributed by atoms with Crippen LogP contribution in [0.25, 0.3) is 5.82 Å². The summed E-state index contributed by atoms with van der Waals surface area (Å²) in [4.78, 5) is 33.6. The van der Waals surface area contributed by atoms with E-state index in [1.807, 2.05) is 24.4 Å². The third kappa shape index (κ3) is 4.55.